The van der Waals surface area contributed by atoms with Crippen molar-refractivity contribution in [2.24, 2.45) is 0 Å². The molecule has 2 heterocycles. The van der Waals surface area contributed by atoms with E-state index in [1.165, 1.54) is 0 Å². The quantitative estimate of drug-likeness (QED) is 0.811. The van der Waals surface area contributed by atoms with Crippen molar-refractivity contribution in [3.05, 3.63) is 30.0 Å². The molecule has 6 heteroatoms. The zero-order chi connectivity index (χ0) is 13.9. The van der Waals surface area contributed by atoms with Crippen LogP contribution in [0.15, 0.2) is 28.8 Å². The smallest absolute Gasteiger partial charge is 0.228 e. The maximum Gasteiger partial charge on any atom is 0.228 e. The maximum absolute atomic E-state index is 12.3. The van der Waals surface area contributed by atoms with Crippen molar-refractivity contribution in [2.45, 2.75) is 12.5 Å². The number of hydrogen-bond donors (Lipinski definition) is 0. The summed E-state index contributed by atoms with van der Waals surface area (Å²) in [5.41, 5.74) is 1.38. The number of nitrogens with zero attached hydrogens (tertiary/aromatic N) is 2. The highest BCUT2D eigenvalue weighted by Crippen LogP contribution is 2.19. The number of ether oxygens (including phenoxy) is 1. The largest absolute Gasteiger partial charge is 0.373 e. The Morgan fingerprint density at radius 2 is 2.30 bits per heavy atom. The third kappa shape index (κ3) is 2.64. The molecule has 5 nitrogen and oxygen atoms in total. The van der Waals surface area contributed by atoms with E-state index in [-0.39, 0.29) is 18.4 Å². The Bertz CT molecular complexity index is 613. The number of carbonyl (C=O) groups is 1. The molecule has 1 amide bonds. The van der Waals surface area contributed by atoms with Crippen LogP contribution in [0, 0.1) is 0 Å². The molecule has 20 heavy (non-hydrogen) atoms. The van der Waals surface area contributed by atoms with Crippen LogP contribution in [0.1, 0.15) is 5.69 Å². The lowest BCUT2D eigenvalue weighted by molar-refractivity contribution is -0.137. The number of rotatable bonds is 3. The van der Waals surface area contributed by atoms with Gasteiger partial charge in [0.15, 0.2) is 5.58 Å². The Morgan fingerprint density at radius 1 is 1.45 bits per heavy atom. The number of carbonyl (C=O) groups excluding carboxylic acids is 1. The van der Waals surface area contributed by atoms with E-state index in [0.717, 1.165) is 5.39 Å². The van der Waals surface area contributed by atoms with Crippen LogP contribution in [0.5, 0.6) is 0 Å². The summed E-state index contributed by atoms with van der Waals surface area (Å²) in [5.74, 6) is 0.430. The Kier molecular flexibility index (Phi) is 3.89. The predicted octanol–water partition coefficient (Wildman–Crippen LogP) is 1.84. The Balaban J connectivity index is 1.72. The third-order valence-electron chi connectivity index (χ3n) is 3.43. The molecule has 0 aliphatic carbocycles. The van der Waals surface area contributed by atoms with Gasteiger partial charge in [-0.25, -0.2) is 0 Å². The lowest BCUT2D eigenvalue weighted by Crippen LogP contribution is -2.46. The normalized spacial score (nSPS) is 19.4. The maximum atomic E-state index is 12.3. The molecule has 3 rings (SSSR count). The van der Waals surface area contributed by atoms with Crippen molar-refractivity contribution in [1.82, 2.24) is 10.1 Å². The standard InChI is InChI=1S/C14H15ClN2O3/c15-8-10-9-17(5-6-19-10)14(18)7-12-11-3-1-2-4-13(11)20-16-12/h1-4,10H,5-9H2. The summed E-state index contributed by atoms with van der Waals surface area (Å²) in [7, 11) is 0. The predicted molar refractivity (Wildman–Crippen MR) is 74.8 cm³/mol. The molecule has 1 aliphatic rings. The minimum atomic E-state index is -0.0802. The van der Waals surface area contributed by atoms with Gasteiger partial charge in [-0.15, -0.1) is 11.6 Å². The van der Waals surface area contributed by atoms with Crippen LogP contribution in [0.4, 0.5) is 0 Å². The van der Waals surface area contributed by atoms with Gasteiger partial charge in [0.25, 0.3) is 0 Å². The van der Waals surface area contributed by atoms with E-state index < -0.39 is 0 Å². The number of fused-ring (bicyclic) bond motifs is 1. The Morgan fingerprint density at radius 3 is 3.15 bits per heavy atom. The average molecular weight is 295 g/mol. The van der Waals surface area contributed by atoms with Gasteiger partial charge in [-0.05, 0) is 12.1 Å². The average Bonchev–Trinajstić information content (AvgIpc) is 2.90. The van der Waals surface area contributed by atoms with Crippen molar-refractivity contribution >= 4 is 28.5 Å². The molecule has 1 atom stereocenters. The van der Waals surface area contributed by atoms with Crippen LogP contribution < -0.4 is 0 Å². The fraction of sp³-hybridized carbons (Fsp3) is 0.429. The third-order valence-corrected chi connectivity index (χ3v) is 3.78. The molecule has 2 aromatic rings. The van der Waals surface area contributed by atoms with Gasteiger partial charge in [-0.3, -0.25) is 4.79 Å². The lowest BCUT2D eigenvalue weighted by Gasteiger charge is -2.31. The number of hydrogen-bond acceptors (Lipinski definition) is 4. The van der Waals surface area contributed by atoms with Crippen molar-refractivity contribution in [3.8, 4) is 0 Å². The van der Waals surface area contributed by atoms with Gasteiger partial charge in [-0.2, -0.15) is 0 Å². The molecule has 1 fully saturated rings. The number of para-hydroxylation sites is 1. The molecule has 1 aliphatic heterocycles. The van der Waals surface area contributed by atoms with E-state index in [1.807, 2.05) is 24.3 Å². The SMILES string of the molecule is O=C(Cc1noc2ccccc12)N1CCOC(CCl)C1. The van der Waals surface area contributed by atoms with Crippen LogP contribution in [0.3, 0.4) is 0 Å². The van der Waals surface area contributed by atoms with Crippen molar-refractivity contribution in [1.29, 1.82) is 0 Å². The van der Waals surface area contributed by atoms with Crippen molar-refractivity contribution in [3.63, 3.8) is 0 Å². The molecular weight excluding hydrogens is 280 g/mol. The van der Waals surface area contributed by atoms with Crippen LogP contribution in [-0.4, -0.2) is 47.6 Å². The molecular formula is C14H15ClN2O3. The van der Waals surface area contributed by atoms with Gasteiger partial charge in [-0.1, -0.05) is 17.3 Å². The van der Waals surface area contributed by atoms with Crippen LogP contribution >= 0.6 is 11.6 Å². The van der Waals surface area contributed by atoms with Crippen LogP contribution in [0.25, 0.3) is 11.0 Å². The molecule has 0 spiro atoms. The van der Waals surface area contributed by atoms with Crippen LogP contribution in [0.2, 0.25) is 0 Å². The number of benzene rings is 1. The number of amides is 1. The Labute approximate surface area is 121 Å². The molecule has 0 N–H and O–H groups in total. The fourth-order valence-electron chi connectivity index (χ4n) is 2.36. The number of aromatic nitrogens is 1. The van der Waals surface area contributed by atoms with Crippen molar-refractivity contribution < 1.29 is 14.1 Å². The van der Waals surface area contributed by atoms with E-state index in [2.05, 4.69) is 5.16 Å². The molecule has 0 bridgehead atoms. The van der Waals surface area contributed by atoms with Gasteiger partial charge >= 0.3 is 0 Å². The zero-order valence-electron chi connectivity index (χ0n) is 10.9. The van der Waals surface area contributed by atoms with E-state index in [1.54, 1.807) is 4.90 Å². The number of morpholine rings is 1. The molecule has 1 unspecified atom stereocenters. The summed E-state index contributed by atoms with van der Waals surface area (Å²) in [6.45, 7) is 1.67. The minimum Gasteiger partial charge on any atom is -0.373 e. The van der Waals surface area contributed by atoms with Gasteiger partial charge in [0.05, 0.1) is 25.0 Å². The van der Waals surface area contributed by atoms with E-state index in [9.17, 15) is 4.79 Å². The second kappa shape index (κ2) is 5.81. The van der Waals surface area contributed by atoms with Gasteiger partial charge in [0.2, 0.25) is 5.91 Å². The molecule has 1 aromatic heterocycles. The summed E-state index contributed by atoms with van der Waals surface area (Å²) < 4.78 is 10.7. The van der Waals surface area contributed by atoms with E-state index >= 15 is 0 Å². The second-order valence-electron chi connectivity index (χ2n) is 4.79. The highest BCUT2D eigenvalue weighted by atomic mass is 35.5. The Hall–Kier alpha value is -1.59. The molecule has 0 saturated carbocycles. The van der Waals surface area contributed by atoms with Gasteiger partial charge < -0.3 is 14.2 Å². The van der Waals surface area contributed by atoms with Crippen LogP contribution in [-0.2, 0) is 16.0 Å². The number of alkyl halides is 1. The first-order chi connectivity index (χ1) is 9.78. The summed E-state index contributed by atoms with van der Waals surface area (Å²) >= 11 is 5.78. The monoisotopic (exact) mass is 294 g/mol. The zero-order valence-corrected chi connectivity index (χ0v) is 11.7. The lowest BCUT2D eigenvalue weighted by atomic mass is 10.1. The highest BCUT2D eigenvalue weighted by molar-refractivity contribution is 6.18. The van der Waals surface area contributed by atoms with Gasteiger partial charge in [0, 0.05) is 18.5 Å². The summed E-state index contributed by atoms with van der Waals surface area (Å²) in [6.07, 6.45) is 0.162. The molecule has 1 saturated heterocycles. The molecule has 0 radical (unpaired) electrons. The second-order valence-corrected chi connectivity index (χ2v) is 5.10. The summed E-state index contributed by atoms with van der Waals surface area (Å²) in [5, 5.41) is 4.88. The first-order valence-electron chi connectivity index (χ1n) is 6.56. The first kappa shape index (κ1) is 13.4. The summed E-state index contributed by atoms with van der Waals surface area (Å²) in [4.78, 5) is 14.1. The minimum absolute atomic E-state index is 0.0301. The van der Waals surface area contributed by atoms with E-state index in [4.69, 9.17) is 20.9 Å². The van der Waals surface area contributed by atoms with E-state index in [0.29, 0.717) is 36.9 Å². The number of halogens is 1. The first-order valence-corrected chi connectivity index (χ1v) is 7.10. The fourth-order valence-corrected chi connectivity index (χ4v) is 2.55. The van der Waals surface area contributed by atoms with Crippen molar-refractivity contribution in [2.75, 3.05) is 25.6 Å². The summed E-state index contributed by atoms with van der Waals surface area (Å²) in [6, 6.07) is 7.54. The highest BCUT2D eigenvalue weighted by Gasteiger charge is 2.24. The topological polar surface area (TPSA) is 55.6 Å². The molecule has 106 valence electrons. The van der Waals surface area contributed by atoms with Gasteiger partial charge in [0.1, 0.15) is 5.69 Å². The molecule has 1 aromatic carbocycles.